The summed E-state index contributed by atoms with van der Waals surface area (Å²) in [6.07, 6.45) is 6.41. The molecular formula is C15H22ClN5O2. The standard InChI is InChI=1S/C15H22ClN5O2/c1-15(2,3)23-14(22)21-6-4-5-11(10-21)7-18-20-13-9-17-8-12(16)19-13/h7-9,11H,4-6,10H2,1-3H3,(H,19,20)/b18-7+. The molecule has 1 aliphatic heterocycles. The van der Waals surface area contributed by atoms with Crippen molar-refractivity contribution in [3.63, 3.8) is 0 Å². The normalized spacial score (nSPS) is 19.0. The van der Waals surface area contributed by atoms with Crippen molar-refractivity contribution in [2.75, 3.05) is 18.5 Å². The number of hydrazone groups is 1. The summed E-state index contributed by atoms with van der Waals surface area (Å²) in [4.78, 5) is 21.8. The van der Waals surface area contributed by atoms with Crippen molar-refractivity contribution in [2.45, 2.75) is 39.2 Å². The quantitative estimate of drug-likeness (QED) is 0.675. The van der Waals surface area contributed by atoms with E-state index in [0.29, 0.717) is 24.1 Å². The van der Waals surface area contributed by atoms with Gasteiger partial charge < -0.3 is 9.64 Å². The van der Waals surface area contributed by atoms with E-state index in [2.05, 4.69) is 20.5 Å². The summed E-state index contributed by atoms with van der Waals surface area (Å²) in [6.45, 7) is 6.91. The Balaban J connectivity index is 1.86. The van der Waals surface area contributed by atoms with Crippen LogP contribution in [-0.2, 0) is 4.74 Å². The molecule has 1 atom stereocenters. The molecule has 0 bridgehead atoms. The minimum atomic E-state index is -0.481. The number of likely N-dealkylation sites (tertiary alicyclic amines) is 1. The first kappa shape index (κ1) is 17.5. The van der Waals surface area contributed by atoms with E-state index in [9.17, 15) is 4.79 Å². The number of hydrogen-bond acceptors (Lipinski definition) is 6. The van der Waals surface area contributed by atoms with Gasteiger partial charge in [0.15, 0.2) is 5.82 Å². The average Bonchev–Trinajstić information content (AvgIpc) is 2.46. The molecule has 1 saturated heterocycles. The predicted molar refractivity (Wildman–Crippen MR) is 89.7 cm³/mol. The van der Waals surface area contributed by atoms with E-state index >= 15 is 0 Å². The van der Waals surface area contributed by atoms with Gasteiger partial charge in [0.25, 0.3) is 0 Å². The molecule has 1 aromatic rings. The lowest BCUT2D eigenvalue weighted by molar-refractivity contribution is 0.0195. The van der Waals surface area contributed by atoms with Gasteiger partial charge in [0, 0.05) is 25.2 Å². The van der Waals surface area contributed by atoms with Gasteiger partial charge in [-0.1, -0.05) is 11.6 Å². The summed E-state index contributed by atoms with van der Waals surface area (Å²) >= 11 is 5.76. The highest BCUT2D eigenvalue weighted by Crippen LogP contribution is 2.18. The zero-order valence-electron chi connectivity index (χ0n) is 13.6. The number of piperidine rings is 1. The summed E-state index contributed by atoms with van der Waals surface area (Å²) in [5, 5.41) is 4.46. The maximum atomic E-state index is 12.1. The second kappa shape index (κ2) is 7.59. The molecule has 0 spiro atoms. The van der Waals surface area contributed by atoms with E-state index in [1.165, 1.54) is 12.4 Å². The number of hydrogen-bond donors (Lipinski definition) is 1. The predicted octanol–water partition coefficient (Wildman–Crippen LogP) is 3.17. The lowest BCUT2D eigenvalue weighted by Gasteiger charge is -2.32. The Morgan fingerprint density at radius 3 is 3.00 bits per heavy atom. The number of amides is 1. The largest absolute Gasteiger partial charge is 0.444 e. The molecule has 2 rings (SSSR count). The van der Waals surface area contributed by atoms with Gasteiger partial charge in [0.05, 0.1) is 12.4 Å². The number of carbonyl (C=O) groups is 1. The lowest BCUT2D eigenvalue weighted by Crippen LogP contribution is -2.43. The fourth-order valence-corrected chi connectivity index (χ4v) is 2.38. The van der Waals surface area contributed by atoms with Gasteiger partial charge in [0.2, 0.25) is 0 Å². The van der Waals surface area contributed by atoms with E-state index in [4.69, 9.17) is 16.3 Å². The highest BCUT2D eigenvalue weighted by atomic mass is 35.5. The van der Waals surface area contributed by atoms with Crippen LogP contribution in [0.15, 0.2) is 17.5 Å². The van der Waals surface area contributed by atoms with Gasteiger partial charge in [-0.2, -0.15) is 5.10 Å². The molecule has 1 aromatic heterocycles. The van der Waals surface area contributed by atoms with Gasteiger partial charge >= 0.3 is 6.09 Å². The van der Waals surface area contributed by atoms with Crippen molar-refractivity contribution in [3.05, 3.63) is 17.5 Å². The molecule has 1 aliphatic rings. The Bertz CT molecular complexity index is 573. The van der Waals surface area contributed by atoms with E-state index in [-0.39, 0.29) is 12.0 Å². The Kier molecular flexibility index (Phi) is 5.76. The molecule has 23 heavy (non-hydrogen) atoms. The maximum Gasteiger partial charge on any atom is 0.410 e. The number of ether oxygens (including phenoxy) is 1. The van der Waals surface area contributed by atoms with Gasteiger partial charge in [-0.05, 0) is 33.6 Å². The third kappa shape index (κ3) is 6.02. The van der Waals surface area contributed by atoms with Crippen molar-refractivity contribution in [1.82, 2.24) is 14.9 Å². The zero-order chi connectivity index (χ0) is 16.9. The zero-order valence-corrected chi connectivity index (χ0v) is 14.4. The van der Waals surface area contributed by atoms with Gasteiger partial charge in [0.1, 0.15) is 10.8 Å². The van der Waals surface area contributed by atoms with Crippen LogP contribution in [0.1, 0.15) is 33.6 Å². The molecule has 7 nitrogen and oxygen atoms in total. The van der Waals surface area contributed by atoms with Crippen LogP contribution in [0.3, 0.4) is 0 Å². The fraction of sp³-hybridized carbons (Fsp3) is 0.600. The molecule has 0 aromatic carbocycles. The summed E-state index contributed by atoms with van der Waals surface area (Å²) in [7, 11) is 0. The van der Waals surface area contributed by atoms with Crippen LogP contribution in [0, 0.1) is 5.92 Å². The van der Waals surface area contributed by atoms with Crippen molar-refractivity contribution in [2.24, 2.45) is 11.0 Å². The third-order valence-electron chi connectivity index (χ3n) is 3.18. The van der Waals surface area contributed by atoms with Crippen LogP contribution in [0.4, 0.5) is 10.6 Å². The fourth-order valence-electron chi connectivity index (χ4n) is 2.23. The second-order valence-electron chi connectivity index (χ2n) is 6.45. The van der Waals surface area contributed by atoms with Crippen molar-refractivity contribution in [1.29, 1.82) is 0 Å². The molecule has 0 aliphatic carbocycles. The minimum Gasteiger partial charge on any atom is -0.444 e. The number of aromatic nitrogens is 2. The molecule has 1 fully saturated rings. The van der Waals surface area contributed by atoms with Crippen LogP contribution >= 0.6 is 11.6 Å². The maximum absolute atomic E-state index is 12.1. The van der Waals surface area contributed by atoms with Crippen LogP contribution in [0.2, 0.25) is 5.15 Å². The van der Waals surface area contributed by atoms with E-state index < -0.39 is 5.60 Å². The van der Waals surface area contributed by atoms with Crippen molar-refractivity contribution in [3.8, 4) is 0 Å². The smallest absolute Gasteiger partial charge is 0.410 e. The Morgan fingerprint density at radius 2 is 2.30 bits per heavy atom. The molecule has 1 unspecified atom stereocenters. The highest BCUT2D eigenvalue weighted by Gasteiger charge is 2.26. The van der Waals surface area contributed by atoms with Gasteiger partial charge in [-0.3, -0.25) is 10.4 Å². The Hall–Kier alpha value is -1.89. The second-order valence-corrected chi connectivity index (χ2v) is 6.83. The first-order chi connectivity index (χ1) is 10.8. The molecule has 0 radical (unpaired) electrons. The number of halogens is 1. The summed E-state index contributed by atoms with van der Waals surface area (Å²) in [6, 6.07) is 0. The summed E-state index contributed by atoms with van der Waals surface area (Å²) in [5.74, 6) is 0.657. The van der Waals surface area contributed by atoms with Crippen LogP contribution in [0.5, 0.6) is 0 Å². The SMILES string of the molecule is CC(C)(C)OC(=O)N1CCCC(/C=N/Nc2cncc(Cl)n2)C1. The van der Waals surface area contributed by atoms with E-state index in [1.54, 1.807) is 11.1 Å². The number of nitrogens with zero attached hydrogens (tertiary/aromatic N) is 4. The molecule has 0 saturated carbocycles. The van der Waals surface area contributed by atoms with Crippen LogP contribution in [0.25, 0.3) is 0 Å². The van der Waals surface area contributed by atoms with Crippen molar-refractivity contribution >= 4 is 29.7 Å². The van der Waals surface area contributed by atoms with Crippen molar-refractivity contribution < 1.29 is 9.53 Å². The van der Waals surface area contributed by atoms with Gasteiger partial charge in [-0.15, -0.1) is 0 Å². The highest BCUT2D eigenvalue weighted by molar-refractivity contribution is 6.29. The summed E-state index contributed by atoms with van der Waals surface area (Å²) in [5.41, 5.74) is 2.31. The topological polar surface area (TPSA) is 79.7 Å². The summed E-state index contributed by atoms with van der Waals surface area (Å²) < 4.78 is 5.41. The van der Waals surface area contributed by atoms with E-state index in [0.717, 1.165) is 12.8 Å². The molecular weight excluding hydrogens is 318 g/mol. The molecule has 2 heterocycles. The van der Waals surface area contributed by atoms with Crippen LogP contribution < -0.4 is 5.43 Å². The molecule has 126 valence electrons. The molecule has 1 amide bonds. The van der Waals surface area contributed by atoms with Gasteiger partial charge in [-0.25, -0.2) is 9.78 Å². The number of nitrogens with one attached hydrogen (secondary N) is 1. The monoisotopic (exact) mass is 339 g/mol. The average molecular weight is 340 g/mol. The number of rotatable bonds is 3. The molecule has 1 N–H and O–H groups in total. The first-order valence-corrected chi connectivity index (χ1v) is 7.96. The van der Waals surface area contributed by atoms with E-state index in [1.807, 2.05) is 20.8 Å². The number of carbonyl (C=O) groups excluding carboxylic acids is 1. The lowest BCUT2D eigenvalue weighted by atomic mass is 10.00. The van der Waals surface area contributed by atoms with Crippen LogP contribution in [-0.4, -0.2) is 45.9 Å². The number of anilines is 1. The molecule has 8 heteroatoms. The Labute approximate surface area is 141 Å². The Morgan fingerprint density at radius 1 is 1.52 bits per heavy atom. The third-order valence-corrected chi connectivity index (χ3v) is 3.36. The minimum absolute atomic E-state index is 0.177. The first-order valence-electron chi connectivity index (χ1n) is 7.58.